The summed E-state index contributed by atoms with van der Waals surface area (Å²) >= 11 is 3.53. The zero-order valence-electron chi connectivity index (χ0n) is 14.4. The maximum Gasteiger partial charge on any atom is 0.407 e. The second-order valence-corrected chi connectivity index (χ2v) is 7.35. The minimum atomic E-state index is -0.507. The van der Waals surface area contributed by atoms with Crippen LogP contribution >= 0.6 is 15.9 Å². The summed E-state index contributed by atoms with van der Waals surface area (Å²) in [6.07, 6.45) is -0.426. The molecule has 0 saturated heterocycles. The highest BCUT2D eigenvalue weighted by Crippen LogP contribution is 2.27. The molecule has 4 nitrogen and oxygen atoms in total. The maximum atomic E-state index is 11.8. The Hall–Kier alpha value is -2.01. The SMILES string of the molecule is COc1cccc(-c2cc(Br)cc(CNC(=O)OC(C)(C)C)c2)c1. The van der Waals surface area contributed by atoms with Crippen molar-refractivity contribution in [3.8, 4) is 16.9 Å². The Morgan fingerprint density at radius 1 is 1.12 bits per heavy atom. The number of carbonyl (C=O) groups excluding carboxylic acids is 1. The van der Waals surface area contributed by atoms with Crippen molar-refractivity contribution in [1.82, 2.24) is 5.32 Å². The summed E-state index contributed by atoms with van der Waals surface area (Å²) in [4.78, 5) is 11.8. The van der Waals surface area contributed by atoms with E-state index >= 15 is 0 Å². The minimum Gasteiger partial charge on any atom is -0.497 e. The smallest absolute Gasteiger partial charge is 0.407 e. The van der Waals surface area contributed by atoms with Gasteiger partial charge in [0.15, 0.2) is 0 Å². The third-order valence-corrected chi connectivity index (χ3v) is 3.65. The first-order valence-corrected chi connectivity index (χ1v) is 8.47. The molecule has 0 fully saturated rings. The van der Waals surface area contributed by atoms with Crippen LogP contribution in [-0.4, -0.2) is 18.8 Å². The number of rotatable bonds is 4. The van der Waals surface area contributed by atoms with Crippen molar-refractivity contribution in [2.24, 2.45) is 0 Å². The summed E-state index contributed by atoms with van der Waals surface area (Å²) in [5.74, 6) is 0.806. The molecule has 0 heterocycles. The zero-order valence-corrected chi connectivity index (χ0v) is 15.9. The molecule has 1 amide bonds. The Kier molecular flexibility index (Phi) is 5.89. The first kappa shape index (κ1) is 18.3. The lowest BCUT2D eigenvalue weighted by Gasteiger charge is -2.19. The molecule has 2 rings (SSSR count). The molecular formula is C19H22BrNO3. The van der Waals surface area contributed by atoms with Gasteiger partial charge in [0, 0.05) is 11.0 Å². The number of nitrogens with one attached hydrogen (secondary N) is 1. The van der Waals surface area contributed by atoms with Crippen molar-refractivity contribution < 1.29 is 14.3 Å². The molecule has 0 radical (unpaired) electrons. The average Bonchev–Trinajstić information content (AvgIpc) is 2.51. The number of hydrogen-bond acceptors (Lipinski definition) is 3. The number of carbonyl (C=O) groups is 1. The fourth-order valence-electron chi connectivity index (χ4n) is 2.21. The van der Waals surface area contributed by atoms with Gasteiger partial charge in [-0.1, -0.05) is 28.1 Å². The van der Waals surface area contributed by atoms with Crippen LogP contribution in [0.3, 0.4) is 0 Å². The van der Waals surface area contributed by atoms with Crippen LogP contribution in [0.1, 0.15) is 26.3 Å². The Balaban J connectivity index is 2.15. The van der Waals surface area contributed by atoms with E-state index < -0.39 is 11.7 Å². The van der Waals surface area contributed by atoms with E-state index in [1.165, 1.54) is 0 Å². The van der Waals surface area contributed by atoms with Crippen LogP contribution in [0.25, 0.3) is 11.1 Å². The predicted molar refractivity (Wildman–Crippen MR) is 99.2 cm³/mol. The Morgan fingerprint density at radius 2 is 1.88 bits per heavy atom. The van der Waals surface area contributed by atoms with Gasteiger partial charge in [-0.3, -0.25) is 0 Å². The lowest BCUT2D eigenvalue weighted by molar-refractivity contribution is 0.0523. The van der Waals surface area contributed by atoms with Gasteiger partial charge in [-0.25, -0.2) is 4.79 Å². The number of ether oxygens (including phenoxy) is 2. The first-order valence-electron chi connectivity index (χ1n) is 7.67. The molecule has 2 aromatic rings. The number of hydrogen-bond donors (Lipinski definition) is 1. The van der Waals surface area contributed by atoms with E-state index in [-0.39, 0.29) is 0 Å². The molecule has 0 aliphatic heterocycles. The van der Waals surface area contributed by atoms with Crippen molar-refractivity contribution in [2.75, 3.05) is 7.11 Å². The molecule has 5 heteroatoms. The lowest BCUT2D eigenvalue weighted by Crippen LogP contribution is -2.32. The average molecular weight is 392 g/mol. The zero-order chi connectivity index (χ0) is 17.7. The van der Waals surface area contributed by atoms with Crippen LogP contribution in [0.2, 0.25) is 0 Å². The monoisotopic (exact) mass is 391 g/mol. The van der Waals surface area contributed by atoms with Gasteiger partial charge in [0.2, 0.25) is 0 Å². The van der Waals surface area contributed by atoms with E-state index in [0.717, 1.165) is 26.9 Å². The van der Waals surface area contributed by atoms with E-state index in [1.807, 2.05) is 63.2 Å². The Bertz CT molecular complexity index is 723. The van der Waals surface area contributed by atoms with E-state index in [1.54, 1.807) is 7.11 Å². The maximum absolute atomic E-state index is 11.8. The number of alkyl carbamates (subject to hydrolysis) is 1. The van der Waals surface area contributed by atoms with Gasteiger partial charge in [-0.2, -0.15) is 0 Å². The standard InChI is InChI=1S/C19H22BrNO3/c1-19(2,3)24-18(22)21-12-13-8-15(10-16(20)9-13)14-6-5-7-17(11-14)23-4/h5-11H,12H2,1-4H3,(H,21,22). The van der Waals surface area contributed by atoms with Gasteiger partial charge in [0.25, 0.3) is 0 Å². The fraction of sp³-hybridized carbons (Fsp3) is 0.316. The van der Waals surface area contributed by atoms with Gasteiger partial charge < -0.3 is 14.8 Å². The van der Waals surface area contributed by atoms with Crippen molar-refractivity contribution in [3.63, 3.8) is 0 Å². The number of methoxy groups -OCH3 is 1. The normalized spacial score (nSPS) is 11.0. The summed E-state index contributed by atoms with van der Waals surface area (Å²) < 4.78 is 11.5. The van der Waals surface area contributed by atoms with Crippen LogP contribution in [-0.2, 0) is 11.3 Å². The summed E-state index contributed by atoms with van der Waals surface area (Å²) in [5.41, 5.74) is 2.57. The molecule has 2 aromatic carbocycles. The van der Waals surface area contributed by atoms with Crippen molar-refractivity contribution in [2.45, 2.75) is 32.9 Å². The third-order valence-electron chi connectivity index (χ3n) is 3.20. The molecule has 1 N–H and O–H groups in total. The fourth-order valence-corrected chi connectivity index (χ4v) is 2.75. The highest BCUT2D eigenvalue weighted by molar-refractivity contribution is 9.10. The largest absolute Gasteiger partial charge is 0.497 e. The van der Waals surface area contributed by atoms with Gasteiger partial charge in [-0.05, 0) is 67.8 Å². The lowest BCUT2D eigenvalue weighted by atomic mass is 10.0. The summed E-state index contributed by atoms with van der Waals surface area (Å²) in [7, 11) is 1.65. The molecular weight excluding hydrogens is 370 g/mol. The Morgan fingerprint density at radius 3 is 2.54 bits per heavy atom. The van der Waals surface area contributed by atoms with E-state index in [0.29, 0.717) is 6.54 Å². The summed E-state index contributed by atoms with van der Waals surface area (Å²) in [6, 6.07) is 13.9. The van der Waals surface area contributed by atoms with Gasteiger partial charge in [0.1, 0.15) is 11.4 Å². The second-order valence-electron chi connectivity index (χ2n) is 6.44. The highest BCUT2D eigenvalue weighted by Gasteiger charge is 2.15. The Labute approximate surface area is 151 Å². The summed E-state index contributed by atoms with van der Waals surface area (Å²) in [5, 5.41) is 2.78. The molecule has 24 heavy (non-hydrogen) atoms. The van der Waals surface area contributed by atoms with Crippen molar-refractivity contribution in [1.29, 1.82) is 0 Å². The molecule has 0 spiro atoms. The number of amides is 1. The highest BCUT2D eigenvalue weighted by atomic mass is 79.9. The predicted octanol–water partition coefficient (Wildman–Crippen LogP) is 5.15. The molecule has 0 bridgehead atoms. The van der Waals surface area contributed by atoms with E-state index in [4.69, 9.17) is 9.47 Å². The van der Waals surface area contributed by atoms with Crippen LogP contribution < -0.4 is 10.1 Å². The van der Waals surface area contributed by atoms with Crippen LogP contribution in [0.4, 0.5) is 4.79 Å². The third kappa shape index (κ3) is 5.57. The molecule has 128 valence electrons. The molecule has 0 aliphatic carbocycles. The van der Waals surface area contributed by atoms with Crippen molar-refractivity contribution >= 4 is 22.0 Å². The first-order chi connectivity index (χ1) is 11.3. The van der Waals surface area contributed by atoms with Crippen LogP contribution in [0, 0.1) is 0 Å². The number of halogens is 1. The molecule has 0 saturated carbocycles. The quantitative estimate of drug-likeness (QED) is 0.783. The van der Waals surface area contributed by atoms with Crippen LogP contribution in [0.5, 0.6) is 5.75 Å². The summed E-state index contributed by atoms with van der Waals surface area (Å²) in [6.45, 7) is 5.91. The van der Waals surface area contributed by atoms with Gasteiger partial charge in [0.05, 0.1) is 7.11 Å². The van der Waals surface area contributed by atoms with Gasteiger partial charge in [-0.15, -0.1) is 0 Å². The van der Waals surface area contributed by atoms with Crippen LogP contribution in [0.15, 0.2) is 46.9 Å². The minimum absolute atomic E-state index is 0.394. The van der Waals surface area contributed by atoms with E-state index in [9.17, 15) is 4.79 Å². The molecule has 0 atom stereocenters. The topological polar surface area (TPSA) is 47.6 Å². The number of benzene rings is 2. The molecule has 0 aliphatic rings. The van der Waals surface area contributed by atoms with Gasteiger partial charge >= 0.3 is 6.09 Å². The van der Waals surface area contributed by atoms with E-state index in [2.05, 4.69) is 21.2 Å². The second kappa shape index (κ2) is 7.71. The van der Waals surface area contributed by atoms with Crippen molar-refractivity contribution in [3.05, 3.63) is 52.5 Å². The molecule has 0 aromatic heterocycles. The molecule has 0 unspecified atom stereocenters.